The summed E-state index contributed by atoms with van der Waals surface area (Å²) in [6, 6.07) is 9.68. The van der Waals surface area contributed by atoms with E-state index in [1.807, 2.05) is 48.6 Å². The smallest absolute Gasteiger partial charge is 0.133 e. The van der Waals surface area contributed by atoms with Crippen LogP contribution < -0.4 is 4.74 Å². The van der Waals surface area contributed by atoms with Crippen LogP contribution in [0.25, 0.3) is 0 Å². The molecule has 0 atom stereocenters. The maximum Gasteiger partial charge on any atom is 0.133 e. The molecule has 2 heteroatoms. The lowest BCUT2D eigenvalue weighted by molar-refractivity contribution is 0.303. The van der Waals surface area contributed by atoms with Crippen LogP contribution in [0.15, 0.2) is 78.3 Å². The fourth-order valence-electron chi connectivity index (χ4n) is 1.66. The number of ether oxygens (including phenoxy) is 2. The molecule has 3 rings (SSSR count). The lowest BCUT2D eigenvalue weighted by Crippen LogP contribution is -1.97. The van der Waals surface area contributed by atoms with E-state index >= 15 is 0 Å². The summed E-state index contributed by atoms with van der Waals surface area (Å²) in [5.41, 5.74) is 1.19. The minimum atomic E-state index is 0.832. The molecule has 92 valence electrons. The molecule has 0 N–H and O–H groups in total. The Morgan fingerprint density at radius 2 is 2.00 bits per heavy atom. The summed E-state index contributed by atoms with van der Waals surface area (Å²) in [6.45, 7) is 3.74. The van der Waals surface area contributed by atoms with Gasteiger partial charge in [0.25, 0.3) is 0 Å². The summed E-state index contributed by atoms with van der Waals surface area (Å²) in [7, 11) is 1.66. The lowest BCUT2D eigenvalue weighted by Gasteiger charge is -2.14. The van der Waals surface area contributed by atoms with Gasteiger partial charge in [0.2, 0.25) is 0 Å². The van der Waals surface area contributed by atoms with Crippen molar-refractivity contribution < 1.29 is 9.47 Å². The largest absolute Gasteiger partial charge is 0.497 e. The highest BCUT2D eigenvalue weighted by atomic mass is 16.5. The molecule has 0 saturated heterocycles. The number of benzene rings is 1. The van der Waals surface area contributed by atoms with Gasteiger partial charge >= 0.3 is 0 Å². The molecule has 1 aromatic carbocycles. The number of hydrogen-bond acceptors (Lipinski definition) is 2. The quantitative estimate of drug-likeness (QED) is 0.738. The van der Waals surface area contributed by atoms with Crippen molar-refractivity contribution in [3.05, 3.63) is 78.3 Å². The van der Waals surface area contributed by atoms with Crippen LogP contribution in [0, 0.1) is 0 Å². The number of fused-ring (bicyclic) bond motifs is 1. The molecule has 1 aliphatic carbocycles. The Kier molecular flexibility index (Phi) is 4.02. The third-order valence-electron chi connectivity index (χ3n) is 2.59. The fraction of sp³-hybridized carbons (Fsp3) is 0.125. The average molecular weight is 240 g/mol. The van der Waals surface area contributed by atoms with E-state index < -0.39 is 0 Å². The summed E-state index contributed by atoms with van der Waals surface area (Å²) in [4.78, 5) is 0. The Morgan fingerprint density at radius 1 is 1.22 bits per heavy atom. The van der Waals surface area contributed by atoms with Crippen LogP contribution in [-0.4, -0.2) is 7.11 Å². The molecule has 18 heavy (non-hydrogen) atoms. The molecule has 0 saturated carbocycles. The molecular formula is C16H16O2. The zero-order valence-corrected chi connectivity index (χ0v) is 10.4. The van der Waals surface area contributed by atoms with Crippen LogP contribution in [0.3, 0.4) is 0 Å². The highest BCUT2D eigenvalue weighted by molar-refractivity contribution is 5.47. The number of allylic oxidation sites excluding steroid dienone is 4. The molecule has 1 aromatic rings. The van der Waals surface area contributed by atoms with E-state index in [9.17, 15) is 0 Å². The Hall–Kier alpha value is -2.22. The zero-order chi connectivity index (χ0) is 12.8. The third kappa shape index (κ3) is 3.14. The number of rotatable bonds is 1. The predicted molar refractivity (Wildman–Crippen MR) is 73.1 cm³/mol. The van der Waals surface area contributed by atoms with Gasteiger partial charge in [0.05, 0.1) is 7.11 Å². The molecule has 0 amide bonds. The van der Waals surface area contributed by atoms with Crippen molar-refractivity contribution in [1.29, 1.82) is 0 Å². The fourth-order valence-corrected chi connectivity index (χ4v) is 1.66. The maximum absolute atomic E-state index is 5.35. The lowest BCUT2D eigenvalue weighted by atomic mass is 10.1. The highest BCUT2D eigenvalue weighted by Crippen LogP contribution is 2.28. The molecule has 0 radical (unpaired) electrons. The van der Waals surface area contributed by atoms with Gasteiger partial charge in [-0.1, -0.05) is 43.0 Å². The Bertz CT molecular complexity index is 507. The normalized spacial score (nSPS) is 15.7. The van der Waals surface area contributed by atoms with E-state index in [0.29, 0.717) is 0 Å². The predicted octanol–water partition coefficient (Wildman–Crippen LogP) is 4.00. The minimum absolute atomic E-state index is 0.832. The summed E-state index contributed by atoms with van der Waals surface area (Å²) in [6.07, 6.45) is 8.95. The van der Waals surface area contributed by atoms with Gasteiger partial charge in [-0.2, -0.15) is 0 Å². The van der Waals surface area contributed by atoms with Gasteiger partial charge in [-0.3, -0.25) is 0 Å². The first-order valence-electron chi connectivity index (χ1n) is 5.83. The van der Waals surface area contributed by atoms with Crippen molar-refractivity contribution in [2.24, 2.45) is 0 Å². The monoisotopic (exact) mass is 240 g/mol. The first kappa shape index (κ1) is 12.2. The Labute approximate surface area is 108 Å². The molecule has 0 spiro atoms. The Morgan fingerprint density at radius 3 is 2.67 bits per heavy atom. The molecule has 0 bridgehead atoms. The van der Waals surface area contributed by atoms with Gasteiger partial charge in [-0.15, -0.1) is 0 Å². The van der Waals surface area contributed by atoms with Gasteiger partial charge in [0.15, 0.2) is 0 Å². The summed E-state index contributed by atoms with van der Waals surface area (Å²) >= 11 is 0. The van der Waals surface area contributed by atoms with E-state index in [-0.39, 0.29) is 0 Å². The van der Waals surface area contributed by atoms with Crippen LogP contribution in [0.5, 0.6) is 5.75 Å². The molecule has 0 unspecified atom stereocenters. The van der Waals surface area contributed by atoms with Crippen molar-refractivity contribution in [3.8, 4) is 5.75 Å². The second-order valence-electron chi connectivity index (χ2n) is 3.91. The van der Waals surface area contributed by atoms with Gasteiger partial charge in [-0.25, -0.2) is 0 Å². The number of hydrogen-bond donors (Lipinski definition) is 0. The third-order valence-corrected chi connectivity index (χ3v) is 2.59. The summed E-state index contributed by atoms with van der Waals surface area (Å²) in [5.74, 6) is 2.68. The van der Waals surface area contributed by atoms with Crippen molar-refractivity contribution >= 4 is 0 Å². The SMILES string of the molecule is C=C1CC=C2C=CC=C2O1.COc1ccccc1. The first-order valence-corrected chi connectivity index (χ1v) is 5.83. The van der Waals surface area contributed by atoms with Crippen LogP contribution in [0.2, 0.25) is 0 Å². The van der Waals surface area contributed by atoms with Gasteiger partial charge in [-0.05, 0) is 18.2 Å². The van der Waals surface area contributed by atoms with E-state index in [2.05, 4.69) is 12.7 Å². The standard InChI is InChI=1S/C9H8O.C7H8O/c1-7-5-6-8-3-2-4-9(8)10-7;1-8-7-5-3-2-4-6-7/h2-4,6H,1,5H2;2-6H,1H3. The van der Waals surface area contributed by atoms with E-state index in [4.69, 9.17) is 9.47 Å². The second-order valence-corrected chi connectivity index (χ2v) is 3.91. The van der Waals surface area contributed by atoms with Crippen molar-refractivity contribution in [2.45, 2.75) is 6.42 Å². The second kappa shape index (κ2) is 5.92. The summed E-state index contributed by atoms with van der Waals surface area (Å²) in [5, 5.41) is 0. The van der Waals surface area contributed by atoms with Gasteiger partial charge in [0, 0.05) is 12.0 Å². The van der Waals surface area contributed by atoms with Crippen molar-refractivity contribution in [1.82, 2.24) is 0 Å². The average Bonchev–Trinajstić information content (AvgIpc) is 2.87. The Balaban J connectivity index is 0.000000138. The van der Waals surface area contributed by atoms with Crippen LogP contribution >= 0.6 is 0 Å². The van der Waals surface area contributed by atoms with Crippen LogP contribution in [0.4, 0.5) is 0 Å². The number of para-hydroxylation sites is 1. The van der Waals surface area contributed by atoms with E-state index in [1.165, 1.54) is 5.57 Å². The van der Waals surface area contributed by atoms with Crippen molar-refractivity contribution in [3.63, 3.8) is 0 Å². The molecule has 2 nitrogen and oxygen atoms in total. The maximum atomic E-state index is 5.35. The minimum Gasteiger partial charge on any atom is -0.497 e. The number of methoxy groups -OCH3 is 1. The molecule has 1 heterocycles. The topological polar surface area (TPSA) is 18.5 Å². The molecule has 0 fully saturated rings. The van der Waals surface area contributed by atoms with Crippen LogP contribution in [0.1, 0.15) is 6.42 Å². The first-order chi connectivity index (χ1) is 8.79. The molecule has 1 aliphatic heterocycles. The van der Waals surface area contributed by atoms with Crippen molar-refractivity contribution in [2.75, 3.05) is 7.11 Å². The summed E-state index contributed by atoms with van der Waals surface area (Å²) < 4.78 is 10.3. The zero-order valence-electron chi connectivity index (χ0n) is 10.4. The molecule has 2 aliphatic rings. The van der Waals surface area contributed by atoms with E-state index in [1.54, 1.807) is 7.11 Å². The van der Waals surface area contributed by atoms with Gasteiger partial charge < -0.3 is 9.47 Å². The van der Waals surface area contributed by atoms with Gasteiger partial charge in [0.1, 0.15) is 17.3 Å². The van der Waals surface area contributed by atoms with E-state index in [0.717, 1.165) is 23.7 Å². The molecule has 0 aromatic heterocycles. The van der Waals surface area contributed by atoms with Crippen LogP contribution in [-0.2, 0) is 4.74 Å². The highest BCUT2D eigenvalue weighted by Gasteiger charge is 2.13. The molecular weight excluding hydrogens is 224 g/mol.